The van der Waals surface area contributed by atoms with Gasteiger partial charge in [-0.1, -0.05) is 97.2 Å². The molecule has 0 aromatic heterocycles. The van der Waals surface area contributed by atoms with Gasteiger partial charge in [0.1, 0.15) is 0 Å². The number of fused-ring (bicyclic) bond motifs is 1. The van der Waals surface area contributed by atoms with Gasteiger partial charge in [-0.15, -0.1) is 0 Å². The van der Waals surface area contributed by atoms with Crippen molar-refractivity contribution < 1.29 is 0 Å². The molecule has 0 spiro atoms. The molecule has 0 nitrogen and oxygen atoms in total. The fourth-order valence-electron chi connectivity index (χ4n) is 3.55. The molecule has 1 heterocycles. The predicted octanol–water partition coefficient (Wildman–Crippen LogP) is 6.41. The lowest BCUT2D eigenvalue weighted by Gasteiger charge is -2.25. The lowest BCUT2D eigenvalue weighted by molar-refractivity contribution is 1.16. The predicted molar refractivity (Wildman–Crippen MR) is 110 cm³/mol. The first-order valence-corrected chi connectivity index (χ1v) is 8.67. The summed E-state index contributed by atoms with van der Waals surface area (Å²) >= 11 is 0. The van der Waals surface area contributed by atoms with Gasteiger partial charge in [0.05, 0.1) is 0 Å². The van der Waals surface area contributed by atoms with Crippen molar-refractivity contribution in [3.05, 3.63) is 102 Å². The quantitative estimate of drug-likeness (QED) is 0.435. The Morgan fingerprint density at radius 1 is 1.21 bits per heavy atom. The van der Waals surface area contributed by atoms with E-state index in [1.807, 2.05) is 18.2 Å². The molecule has 2 rings (SSSR count). The van der Waals surface area contributed by atoms with Gasteiger partial charge in [-0.25, -0.2) is 0 Å². The van der Waals surface area contributed by atoms with Crippen LogP contribution in [0.1, 0.15) is 31.4 Å². The molecule has 0 saturated carbocycles. The zero-order chi connectivity index (χ0) is 17.5. The topological polar surface area (TPSA) is 0 Å². The first-order valence-electron chi connectivity index (χ1n) is 8.67. The van der Waals surface area contributed by atoms with E-state index in [1.54, 1.807) is 0 Å². The van der Waals surface area contributed by atoms with Crippen molar-refractivity contribution in [3.63, 3.8) is 0 Å². The Labute approximate surface area is 147 Å². The zero-order valence-electron chi connectivity index (χ0n) is 15.2. The van der Waals surface area contributed by atoms with E-state index in [9.17, 15) is 0 Å². The minimum absolute atomic E-state index is 0.372. The Bertz CT molecular complexity index is 741. The third-order valence-corrected chi connectivity index (χ3v) is 4.85. The molecule has 0 saturated heterocycles. The maximum Gasteiger partial charge on any atom is 0.202 e. The van der Waals surface area contributed by atoms with Crippen LogP contribution in [0.15, 0.2) is 90.4 Å². The van der Waals surface area contributed by atoms with Crippen LogP contribution in [-0.2, 0) is 6.42 Å². The molecular weight excluding hydrogens is 287 g/mol. The maximum atomic E-state index is 4.08. The van der Waals surface area contributed by atoms with Gasteiger partial charge in [-0.05, 0) is 43.4 Å². The highest BCUT2D eigenvalue weighted by Crippen LogP contribution is 2.33. The lowest BCUT2D eigenvalue weighted by atomic mass is 9.38. The SMILES string of the molecule is C=CC=CC/C1=C(\C)c2ccccc2C/C(C=C)=C(/C=C\C)B1C. The number of hydrogen-bond acceptors (Lipinski definition) is 0. The van der Waals surface area contributed by atoms with Crippen LogP contribution in [0.25, 0.3) is 5.57 Å². The van der Waals surface area contributed by atoms with E-state index >= 15 is 0 Å². The van der Waals surface area contributed by atoms with Crippen molar-refractivity contribution in [1.82, 2.24) is 0 Å². The minimum Gasteiger partial charge on any atom is -0.0991 e. The van der Waals surface area contributed by atoms with E-state index < -0.39 is 0 Å². The summed E-state index contributed by atoms with van der Waals surface area (Å²) in [6.45, 7) is 14.9. The average molecular weight is 314 g/mol. The van der Waals surface area contributed by atoms with Crippen molar-refractivity contribution in [1.29, 1.82) is 0 Å². The van der Waals surface area contributed by atoms with E-state index in [-0.39, 0.29) is 0 Å². The molecule has 0 radical (unpaired) electrons. The second-order valence-corrected chi connectivity index (χ2v) is 6.26. The molecule has 0 aliphatic carbocycles. The van der Waals surface area contributed by atoms with Gasteiger partial charge in [-0.2, -0.15) is 0 Å². The van der Waals surface area contributed by atoms with E-state index in [1.165, 1.54) is 33.2 Å². The summed E-state index contributed by atoms with van der Waals surface area (Å²) in [5.41, 5.74) is 8.31. The van der Waals surface area contributed by atoms with Crippen molar-refractivity contribution in [2.24, 2.45) is 0 Å². The van der Waals surface area contributed by atoms with Gasteiger partial charge >= 0.3 is 0 Å². The minimum atomic E-state index is 0.372. The summed E-state index contributed by atoms with van der Waals surface area (Å²) in [4.78, 5) is 0. The molecular formula is C23H27B. The first-order chi connectivity index (χ1) is 11.6. The summed E-state index contributed by atoms with van der Waals surface area (Å²) in [7, 11) is 0. The molecule has 0 atom stereocenters. The Kier molecular flexibility index (Phi) is 6.43. The molecule has 0 bridgehead atoms. The van der Waals surface area contributed by atoms with Crippen molar-refractivity contribution in [2.45, 2.75) is 33.5 Å². The largest absolute Gasteiger partial charge is 0.202 e. The van der Waals surface area contributed by atoms with Crippen LogP contribution in [-0.4, -0.2) is 6.71 Å². The smallest absolute Gasteiger partial charge is 0.0991 e. The summed E-state index contributed by atoms with van der Waals surface area (Å²) in [6.07, 6.45) is 14.4. The third-order valence-electron chi connectivity index (χ3n) is 4.85. The molecule has 1 aliphatic rings. The second kappa shape index (κ2) is 8.54. The van der Waals surface area contributed by atoms with Gasteiger partial charge in [0.15, 0.2) is 0 Å². The molecule has 1 aliphatic heterocycles. The Hall–Kier alpha value is -2.28. The Balaban J connectivity index is 2.71. The van der Waals surface area contributed by atoms with Crippen LogP contribution in [0.2, 0.25) is 6.82 Å². The van der Waals surface area contributed by atoms with Crippen LogP contribution >= 0.6 is 0 Å². The van der Waals surface area contributed by atoms with Crippen LogP contribution in [0.4, 0.5) is 0 Å². The average Bonchev–Trinajstić information content (AvgIpc) is 2.60. The second-order valence-electron chi connectivity index (χ2n) is 6.26. The highest BCUT2D eigenvalue weighted by molar-refractivity contribution is 6.74. The number of rotatable bonds is 5. The normalized spacial score (nSPS) is 21.7. The maximum absolute atomic E-state index is 4.08. The molecule has 1 heteroatoms. The molecule has 0 unspecified atom stereocenters. The van der Waals surface area contributed by atoms with E-state index in [2.05, 4.69) is 76.3 Å². The molecule has 0 amide bonds. The Morgan fingerprint density at radius 3 is 2.62 bits per heavy atom. The van der Waals surface area contributed by atoms with E-state index in [0.29, 0.717) is 6.71 Å². The van der Waals surface area contributed by atoms with E-state index in [0.717, 1.165) is 12.8 Å². The van der Waals surface area contributed by atoms with Crippen LogP contribution in [0.3, 0.4) is 0 Å². The van der Waals surface area contributed by atoms with Crippen LogP contribution in [0.5, 0.6) is 0 Å². The number of benzene rings is 1. The number of hydrogen-bond donors (Lipinski definition) is 0. The molecule has 0 fully saturated rings. The highest BCUT2D eigenvalue weighted by atomic mass is 14.2. The fourth-order valence-corrected chi connectivity index (χ4v) is 3.55. The molecule has 24 heavy (non-hydrogen) atoms. The number of allylic oxidation sites excluding steroid dienone is 10. The molecule has 0 N–H and O–H groups in total. The monoisotopic (exact) mass is 314 g/mol. The van der Waals surface area contributed by atoms with Gasteiger partial charge in [0, 0.05) is 0 Å². The van der Waals surface area contributed by atoms with Crippen LogP contribution < -0.4 is 0 Å². The molecule has 1 aromatic carbocycles. The van der Waals surface area contributed by atoms with Gasteiger partial charge in [-0.3, -0.25) is 0 Å². The third kappa shape index (κ3) is 3.79. The summed E-state index contributed by atoms with van der Waals surface area (Å²) in [5, 5.41) is 0. The van der Waals surface area contributed by atoms with Crippen molar-refractivity contribution in [2.75, 3.05) is 0 Å². The van der Waals surface area contributed by atoms with Crippen molar-refractivity contribution >= 4 is 12.3 Å². The van der Waals surface area contributed by atoms with Gasteiger partial charge < -0.3 is 0 Å². The van der Waals surface area contributed by atoms with Gasteiger partial charge in [0.25, 0.3) is 0 Å². The van der Waals surface area contributed by atoms with Gasteiger partial charge in [0.2, 0.25) is 6.71 Å². The zero-order valence-corrected chi connectivity index (χ0v) is 15.2. The summed E-state index contributed by atoms with van der Waals surface area (Å²) in [5.74, 6) is 0. The fraction of sp³-hybridized carbons (Fsp3) is 0.217. The Morgan fingerprint density at radius 2 is 1.96 bits per heavy atom. The van der Waals surface area contributed by atoms with E-state index in [4.69, 9.17) is 0 Å². The highest BCUT2D eigenvalue weighted by Gasteiger charge is 2.24. The summed E-state index contributed by atoms with van der Waals surface area (Å²) < 4.78 is 0. The van der Waals surface area contributed by atoms with Crippen LogP contribution in [0, 0.1) is 0 Å². The summed E-state index contributed by atoms with van der Waals surface area (Å²) in [6, 6.07) is 8.75. The molecule has 122 valence electrons. The molecule has 1 aromatic rings. The standard InChI is InChI=1S/C23H27B/c1-6-9-10-16-22-18(4)21-15-12-11-14-20(21)17-19(8-3)23(13-7-2)24(22)5/h6-15H,1,3,16-17H2,2,4-5H3/b10-9?,13-7-,22-18-,23-19-. The van der Waals surface area contributed by atoms with Crippen molar-refractivity contribution in [3.8, 4) is 0 Å². The first kappa shape index (κ1) is 18.1. The lowest BCUT2D eigenvalue weighted by Crippen LogP contribution is -2.20.